The van der Waals surface area contributed by atoms with Gasteiger partial charge in [-0.25, -0.2) is 4.39 Å². The molecule has 35 heavy (non-hydrogen) atoms. The van der Waals surface area contributed by atoms with Crippen LogP contribution in [-0.4, -0.2) is 18.2 Å². The highest BCUT2D eigenvalue weighted by atomic mass is 79.9. The minimum absolute atomic E-state index is 0.311. The number of nitrogens with zero attached hydrogens (tertiary/aromatic N) is 1. The molecule has 2 nitrogen and oxygen atoms in total. The molecular weight excluding hydrogens is 525 g/mol. The molecule has 1 aliphatic rings. The van der Waals surface area contributed by atoms with Gasteiger partial charge in [0.1, 0.15) is 11.6 Å². The van der Waals surface area contributed by atoms with Crippen molar-refractivity contribution in [2.45, 2.75) is 45.6 Å². The Morgan fingerprint density at radius 2 is 1.74 bits per heavy atom. The van der Waals surface area contributed by atoms with Gasteiger partial charge in [-0.15, -0.1) is 0 Å². The molecule has 0 amide bonds. The number of aliphatic imine (C=N–C) groups is 1. The van der Waals surface area contributed by atoms with Crippen molar-refractivity contribution in [1.82, 2.24) is 0 Å². The summed E-state index contributed by atoms with van der Waals surface area (Å²) in [5, 5.41) is 1.45. The van der Waals surface area contributed by atoms with E-state index in [2.05, 4.69) is 58.2 Å². The van der Waals surface area contributed by atoms with Crippen LogP contribution in [-0.2, 0) is 6.54 Å². The number of allylic oxidation sites excluding steroid dienone is 1. The van der Waals surface area contributed by atoms with E-state index in [4.69, 9.17) is 16.3 Å². The Labute approximate surface area is 221 Å². The highest BCUT2D eigenvalue weighted by molar-refractivity contribution is 9.09. The third kappa shape index (κ3) is 6.42. The lowest BCUT2D eigenvalue weighted by molar-refractivity contribution is 0.305. The van der Waals surface area contributed by atoms with Gasteiger partial charge in [-0.1, -0.05) is 77.6 Å². The second kappa shape index (κ2) is 12.5. The zero-order valence-electron chi connectivity index (χ0n) is 20.0. The van der Waals surface area contributed by atoms with Crippen molar-refractivity contribution in [2.24, 2.45) is 4.99 Å². The number of unbranched alkanes of at least 4 members (excludes halogenated alkanes) is 3. The lowest BCUT2D eigenvalue weighted by Crippen LogP contribution is -2.00. The molecule has 0 saturated carbocycles. The van der Waals surface area contributed by atoms with Gasteiger partial charge in [0.15, 0.2) is 0 Å². The van der Waals surface area contributed by atoms with E-state index < -0.39 is 0 Å². The van der Waals surface area contributed by atoms with Gasteiger partial charge < -0.3 is 4.74 Å². The van der Waals surface area contributed by atoms with Gasteiger partial charge in [-0.3, -0.25) is 4.99 Å². The Kier molecular flexibility index (Phi) is 9.17. The summed E-state index contributed by atoms with van der Waals surface area (Å²) in [6.07, 6.45) is 7.23. The van der Waals surface area contributed by atoms with E-state index in [1.807, 2.05) is 18.3 Å². The summed E-state index contributed by atoms with van der Waals surface area (Å²) in [5.41, 5.74) is 6.92. The summed E-state index contributed by atoms with van der Waals surface area (Å²) >= 11 is 9.52. The molecule has 182 valence electrons. The normalized spacial score (nSPS) is 13.0. The molecule has 0 saturated heterocycles. The largest absolute Gasteiger partial charge is 0.494 e. The molecule has 5 heteroatoms. The number of benzene rings is 3. The van der Waals surface area contributed by atoms with Crippen molar-refractivity contribution in [2.75, 3.05) is 11.9 Å². The van der Waals surface area contributed by atoms with Crippen molar-refractivity contribution in [3.05, 3.63) is 99.3 Å². The van der Waals surface area contributed by atoms with E-state index in [1.54, 1.807) is 12.1 Å². The second-order valence-corrected chi connectivity index (χ2v) is 9.92. The minimum atomic E-state index is -0.311. The molecule has 0 radical (unpaired) electrons. The Balaban J connectivity index is 1.68. The Morgan fingerprint density at radius 3 is 2.49 bits per heavy atom. The molecule has 3 aromatic rings. The maximum atomic E-state index is 15.1. The van der Waals surface area contributed by atoms with E-state index in [0.717, 1.165) is 45.3 Å². The molecule has 0 unspecified atom stereocenters. The first-order chi connectivity index (χ1) is 17.1. The van der Waals surface area contributed by atoms with Crippen LogP contribution in [0.15, 0.2) is 65.7 Å². The molecule has 4 rings (SSSR count). The number of alkyl halides is 1. The second-order valence-electron chi connectivity index (χ2n) is 8.69. The fourth-order valence-electron chi connectivity index (χ4n) is 4.47. The molecule has 0 atom stereocenters. The summed E-state index contributed by atoms with van der Waals surface area (Å²) in [5.74, 6) is 0.542. The third-order valence-corrected chi connectivity index (χ3v) is 7.07. The van der Waals surface area contributed by atoms with Crippen LogP contribution < -0.4 is 4.74 Å². The molecule has 0 bridgehead atoms. The van der Waals surface area contributed by atoms with Gasteiger partial charge in [0.05, 0.1) is 13.2 Å². The van der Waals surface area contributed by atoms with Gasteiger partial charge >= 0.3 is 0 Å². The maximum absolute atomic E-state index is 15.1. The van der Waals surface area contributed by atoms with Crippen LogP contribution in [0.5, 0.6) is 5.75 Å². The van der Waals surface area contributed by atoms with Crippen molar-refractivity contribution in [1.29, 1.82) is 0 Å². The summed E-state index contributed by atoms with van der Waals surface area (Å²) in [6, 6.07) is 19.5. The quantitative estimate of drug-likeness (QED) is 0.132. The highest BCUT2D eigenvalue weighted by Gasteiger charge is 2.18. The SMILES string of the molecule is CC/C(=C(/c1ccc(OCCCCCCBr)cc1)c1ccc2c(c1)C=NC2)c1ccc(Cl)cc1F. The highest BCUT2D eigenvalue weighted by Crippen LogP contribution is 2.37. The summed E-state index contributed by atoms with van der Waals surface area (Å²) in [7, 11) is 0. The van der Waals surface area contributed by atoms with E-state index in [0.29, 0.717) is 30.2 Å². The van der Waals surface area contributed by atoms with Crippen molar-refractivity contribution in [3.63, 3.8) is 0 Å². The average molecular weight is 555 g/mol. The topological polar surface area (TPSA) is 21.6 Å². The Hall–Kier alpha value is -2.43. The van der Waals surface area contributed by atoms with Gasteiger partial charge in [-0.2, -0.15) is 0 Å². The first-order valence-electron chi connectivity index (χ1n) is 12.2. The lowest BCUT2D eigenvalue weighted by Gasteiger charge is -2.18. The third-order valence-electron chi connectivity index (χ3n) is 6.28. The summed E-state index contributed by atoms with van der Waals surface area (Å²) < 4.78 is 21.0. The van der Waals surface area contributed by atoms with E-state index in [9.17, 15) is 0 Å². The number of halogens is 3. The van der Waals surface area contributed by atoms with Crippen LogP contribution >= 0.6 is 27.5 Å². The molecule has 1 aliphatic heterocycles. The lowest BCUT2D eigenvalue weighted by atomic mass is 9.87. The minimum Gasteiger partial charge on any atom is -0.494 e. The van der Waals surface area contributed by atoms with Crippen LogP contribution in [0.2, 0.25) is 5.02 Å². The van der Waals surface area contributed by atoms with Crippen molar-refractivity contribution >= 4 is 44.9 Å². The standard InChI is InChI=1S/C30H30BrClFNO/c1-2-27(28-14-11-25(32)18-29(28)33)30(22-7-8-23-19-34-20-24(23)17-22)21-9-12-26(13-10-21)35-16-6-4-3-5-15-31/h7-14,17-18,20H,2-6,15-16,19H2,1H3/b30-27+. The number of fused-ring (bicyclic) bond motifs is 1. The molecule has 3 aromatic carbocycles. The Morgan fingerprint density at radius 1 is 0.971 bits per heavy atom. The van der Waals surface area contributed by atoms with Crippen molar-refractivity contribution < 1.29 is 9.13 Å². The van der Waals surface area contributed by atoms with E-state index >= 15 is 4.39 Å². The van der Waals surface area contributed by atoms with E-state index in [-0.39, 0.29) is 5.82 Å². The molecule has 1 heterocycles. The maximum Gasteiger partial charge on any atom is 0.132 e. The first-order valence-corrected chi connectivity index (χ1v) is 13.7. The van der Waals surface area contributed by atoms with Crippen LogP contribution in [0.4, 0.5) is 4.39 Å². The first kappa shape index (κ1) is 25.7. The predicted molar refractivity (Wildman–Crippen MR) is 150 cm³/mol. The van der Waals surface area contributed by atoms with Gasteiger partial charge in [0.2, 0.25) is 0 Å². The predicted octanol–water partition coefficient (Wildman–Crippen LogP) is 9.11. The molecule has 0 spiro atoms. The van der Waals surface area contributed by atoms with Crippen LogP contribution in [0.3, 0.4) is 0 Å². The van der Waals surface area contributed by atoms with Crippen molar-refractivity contribution in [3.8, 4) is 5.75 Å². The molecule has 0 aromatic heterocycles. The zero-order valence-corrected chi connectivity index (χ0v) is 22.3. The molecule has 0 aliphatic carbocycles. The smallest absolute Gasteiger partial charge is 0.132 e. The fourth-order valence-corrected chi connectivity index (χ4v) is 5.02. The van der Waals surface area contributed by atoms with Crippen LogP contribution in [0, 0.1) is 5.82 Å². The molecular formula is C30H30BrClFNO. The van der Waals surface area contributed by atoms with E-state index in [1.165, 1.54) is 30.9 Å². The van der Waals surface area contributed by atoms with Crippen LogP contribution in [0.25, 0.3) is 11.1 Å². The number of ether oxygens (including phenoxy) is 1. The molecule has 0 N–H and O–H groups in total. The monoisotopic (exact) mass is 553 g/mol. The van der Waals surface area contributed by atoms with Crippen LogP contribution in [0.1, 0.15) is 66.8 Å². The van der Waals surface area contributed by atoms with Gasteiger partial charge in [-0.05, 0) is 83.0 Å². The summed E-state index contributed by atoms with van der Waals surface area (Å²) in [6.45, 7) is 3.49. The fraction of sp³-hybridized carbons (Fsp3) is 0.300. The van der Waals surface area contributed by atoms with Gasteiger partial charge in [0.25, 0.3) is 0 Å². The van der Waals surface area contributed by atoms with Gasteiger partial charge in [0, 0.05) is 22.1 Å². The molecule has 0 fully saturated rings. The average Bonchev–Trinajstić information content (AvgIpc) is 3.34. The number of rotatable bonds is 11. The zero-order chi connectivity index (χ0) is 24.6. The Bertz CT molecular complexity index is 1220. The number of hydrogen-bond acceptors (Lipinski definition) is 2. The summed E-state index contributed by atoms with van der Waals surface area (Å²) in [4.78, 5) is 4.40. The number of hydrogen-bond donors (Lipinski definition) is 0.